The Hall–Kier alpha value is -3.73. The Morgan fingerprint density at radius 2 is 1.72 bits per heavy atom. The minimum Gasteiger partial charge on any atom is -0.508 e. The Morgan fingerprint density at radius 1 is 0.966 bits per heavy atom. The first-order chi connectivity index (χ1) is 14.0. The van der Waals surface area contributed by atoms with Gasteiger partial charge >= 0.3 is 5.69 Å². The van der Waals surface area contributed by atoms with Gasteiger partial charge in [0.05, 0.1) is 11.4 Å². The summed E-state index contributed by atoms with van der Waals surface area (Å²) in [6.45, 7) is 3.94. The van der Waals surface area contributed by atoms with E-state index in [9.17, 15) is 15.0 Å². The van der Waals surface area contributed by atoms with Crippen molar-refractivity contribution < 1.29 is 10.2 Å². The molecule has 3 aromatic carbocycles. The van der Waals surface area contributed by atoms with Crippen LogP contribution in [0.3, 0.4) is 0 Å². The molecule has 1 aliphatic carbocycles. The lowest BCUT2D eigenvalue weighted by Gasteiger charge is -2.15. The number of H-pyrrole nitrogens is 1. The van der Waals surface area contributed by atoms with Gasteiger partial charge in [0.25, 0.3) is 0 Å². The van der Waals surface area contributed by atoms with Gasteiger partial charge in [-0.1, -0.05) is 50.3 Å². The first-order valence-corrected chi connectivity index (χ1v) is 9.56. The SMILES string of the molecule is CC(C)c1cc(-c2c[nH]c(=O)n2-c2ccc3c4c(cccc24)C=C3)c(O)cc1O. The number of benzene rings is 3. The zero-order valence-corrected chi connectivity index (χ0v) is 16.1. The van der Waals surface area contributed by atoms with Gasteiger partial charge in [-0.2, -0.15) is 0 Å². The van der Waals surface area contributed by atoms with Crippen molar-refractivity contribution in [3.8, 4) is 28.4 Å². The van der Waals surface area contributed by atoms with Crippen LogP contribution in [0.15, 0.2) is 53.5 Å². The summed E-state index contributed by atoms with van der Waals surface area (Å²) < 4.78 is 1.58. The third kappa shape index (κ3) is 2.51. The molecule has 5 nitrogen and oxygen atoms in total. The Bertz CT molecular complexity index is 1360. The van der Waals surface area contributed by atoms with Gasteiger partial charge in [-0.3, -0.25) is 4.57 Å². The highest BCUT2D eigenvalue weighted by molar-refractivity contribution is 6.07. The maximum Gasteiger partial charge on any atom is 0.330 e. The summed E-state index contributed by atoms with van der Waals surface area (Å²) in [7, 11) is 0. The number of aromatic amines is 1. The average Bonchev–Trinajstić information content (AvgIpc) is 3.27. The van der Waals surface area contributed by atoms with Gasteiger partial charge < -0.3 is 15.2 Å². The number of phenols is 2. The maximum atomic E-state index is 12.8. The Morgan fingerprint density at radius 3 is 2.48 bits per heavy atom. The maximum absolute atomic E-state index is 12.8. The van der Waals surface area contributed by atoms with Crippen LogP contribution >= 0.6 is 0 Å². The second kappa shape index (κ2) is 6.14. The fourth-order valence-electron chi connectivity index (χ4n) is 4.17. The van der Waals surface area contributed by atoms with Crippen LogP contribution in [0, 0.1) is 0 Å². The Labute approximate surface area is 167 Å². The average molecular weight is 384 g/mol. The third-order valence-electron chi connectivity index (χ3n) is 5.58. The summed E-state index contributed by atoms with van der Waals surface area (Å²) in [5, 5.41) is 22.8. The van der Waals surface area contributed by atoms with E-state index >= 15 is 0 Å². The molecule has 3 N–H and O–H groups in total. The highest BCUT2D eigenvalue weighted by Gasteiger charge is 2.20. The molecule has 1 heterocycles. The van der Waals surface area contributed by atoms with E-state index in [1.807, 2.05) is 38.1 Å². The van der Waals surface area contributed by atoms with E-state index < -0.39 is 0 Å². The lowest BCUT2D eigenvalue weighted by molar-refractivity contribution is 0.445. The van der Waals surface area contributed by atoms with E-state index in [0.717, 1.165) is 27.6 Å². The molecule has 1 aliphatic rings. The van der Waals surface area contributed by atoms with Crippen LogP contribution in [0.25, 0.3) is 39.9 Å². The van der Waals surface area contributed by atoms with Crippen molar-refractivity contribution in [2.24, 2.45) is 0 Å². The summed E-state index contributed by atoms with van der Waals surface area (Å²) in [5.41, 5.74) is 4.45. The van der Waals surface area contributed by atoms with Crippen LogP contribution in [0.5, 0.6) is 11.5 Å². The number of aromatic hydroxyl groups is 2. The van der Waals surface area contributed by atoms with Crippen molar-refractivity contribution in [3.05, 3.63) is 75.8 Å². The standard InChI is InChI=1S/C24H20N2O3/c1-13(2)17-10-18(22(28)11-21(17)27)20-12-25-24(29)26(20)19-9-8-15-7-6-14-4-3-5-16(19)23(14)15/h3-13,27-28H,1-2H3,(H,25,29). The molecule has 0 fully saturated rings. The molecule has 0 saturated carbocycles. The number of nitrogens with one attached hydrogen (secondary N) is 1. The third-order valence-corrected chi connectivity index (χ3v) is 5.58. The van der Waals surface area contributed by atoms with Crippen molar-refractivity contribution in [2.75, 3.05) is 0 Å². The highest BCUT2D eigenvalue weighted by atomic mass is 16.3. The minimum atomic E-state index is -0.287. The molecule has 1 aromatic heterocycles. The lowest BCUT2D eigenvalue weighted by atomic mass is 9.97. The van der Waals surface area contributed by atoms with Crippen LogP contribution in [0.4, 0.5) is 0 Å². The summed E-state index contributed by atoms with van der Waals surface area (Å²) in [6, 6.07) is 13.1. The van der Waals surface area contributed by atoms with E-state index in [1.165, 1.54) is 6.07 Å². The number of aromatic nitrogens is 2. The van der Waals surface area contributed by atoms with E-state index in [4.69, 9.17) is 0 Å². The van der Waals surface area contributed by atoms with E-state index in [2.05, 4.69) is 23.2 Å². The van der Waals surface area contributed by atoms with Crippen molar-refractivity contribution in [1.29, 1.82) is 0 Å². The first kappa shape index (κ1) is 17.4. The molecule has 0 radical (unpaired) electrons. The van der Waals surface area contributed by atoms with Gasteiger partial charge in [0.2, 0.25) is 0 Å². The van der Waals surface area contributed by atoms with E-state index in [1.54, 1.807) is 16.8 Å². The zero-order valence-electron chi connectivity index (χ0n) is 16.1. The van der Waals surface area contributed by atoms with Crippen LogP contribution in [0.1, 0.15) is 36.5 Å². The quantitative estimate of drug-likeness (QED) is 0.409. The molecule has 0 amide bonds. The summed E-state index contributed by atoms with van der Waals surface area (Å²) in [6.07, 6.45) is 5.74. The number of hydrogen-bond donors (Lipinski definition) is 3. The predicted molar refractivity (Wildman–Crippen MR) is 116 cm³/mol. The fourth-order valence-corrected chi connectivity index (χ4v) is 4.17. The van der Waals surface area contributed by atoms with Gasteiger partial charge in [-0.25, -0.2) is 4.79 Å². The smallest absolute Gasteiger partial charge is 0.330 e. The lowest BCUT2D eigenvalue weighted by Crippen LogP contribution is -2.16. The van der Waals surface area contributed by atoms with Crippen LogP contribution in [-0.4, -0.2) is 19.8 Å². The van der Waals surface area contributed by atoms with Crippen molar-refractivity contribution in [2.45, 2.75) is 19.8 Å². The van der Waals surface area contributed by atoms with E-state index in [-0.39, 0.29) is 23.1 Å². The largest absolute Gasteiger partial charge is 0.508 e. The topological polar surface area (TPSA) is 78.2 Å². The summed E-state index contributed by atoms with van der Waals surface area (Å²) in [4.78, 5) is 15.6. The first-order valence-electron chi connectivity index (χ1n) is 9.56. The van der Waals surface area contributed by atoms with Crippen LogP contribution in [-0.2, 0) is 0 Å². The van der Waals surface area contributed by atoms with Gasteiger partial charge in [0, 0.05) is 23.2 Å². The van der Waals surface area contributed by atoms with Gasteiger partial charge in [0.15, 0.2) is 0 Å². The molecule has 144 valence electrons. The molecule has 5 heteroatoms. The molecule has 0 atom stereocenters. The Kier molecular flexibility index (Phi) is 3.68. The predicted octanol–water partition coefficient (Wildman–Crippen LogP) is 5.00. The van der Waals surface area contributed by atoms with Crippen LogP contribution in [0.2, 0.25) is 0 Å². The highest BCUT2D eigenvalue weighted by Crippen LogP contribution is 2.40. The summed E-state index contributed by atoms with van der Waals surface area (Å²) >= 11 is 0. The molecule has 4 aromatic rings. The second-order valence-corrected chi connectivity index (χ2v) is 7.67. The molecule has 0 aliphatic heterocycles. The molecule has 0 bridgehead atoms. The molecule has 0 saturated heterocycles. The second-order valence-electron chi connectivity index (χ2n) is 7.67. The normalized spacial score (nSPS) is 12.4. The minimum absolute atomic E-state index is 0.0436. The monoisotopic (exact) mass is 384 g/mol. The number of imidazole rings is 1. The van der Waals surface area contributed by atoms with Crippen molar-refractivity contribution >= 4 is 22.9 Å². The van der Waals surface area contributed by atoms with E-state index in [0.29, 0.717) is 16.8 Å². The fraction of sp³-hybridized carbons (Fsp3) is 0.125. The zero-order chi connectivity index (χ0) is 20.3. The van der Waals surface area contributed by atoms with Crippen LogP contribution < -0.4 is 5.69 Å². The van der Waals surface area contributed by atoms with Gasteiger partial charge in [-0.05, 0) is 40.1 Å². The molecule has 0 spiro atoms. The molecular formula is C24H20N2O3. The molecule has 0 unspecified atom stereocenters. The number of phenolic OH excluding ortho intramolecular Hbond substituents is 2. The Balaban J connectivity index is 1.81. The van der Waals surface area contributed by atoms with Gasteiger partial charge in [-0.15, -0.1) is 0 Å². The molecular weight excluding hydrogens is 364 g/mol. The number of nitrogens with zero attached hydrogens (tertiary/aromatic N) is 1. The number of rotatable bonds is 3. The summed E-state index contributed by atoms with van der Waals surface area (Å²) in [5.74, 6) is 0.0330. The van der Waals surface area contributed by atoms with Crippen molar-refractivity contribution in [1.82, 2.24) is 9.55 Å². The number of hydrogen-bond acceptors (Lipinski definition) is 3. The van der Waals surface area contributed by atoms with Crippen molar-refractivity contribution in [3.63, 3.8) is 0 Å². The molecule has 5 rings (SSSR count). The van der Waals surface area contributed by atoms with Gasteiger partial charge in [0.1, 0.15) is 11.5 Å². The molecule has 29 heavy (non-hydrogen) atoms.